The van der Waals surface area contributed by atoms with Gasteiger partial charge >= 0.3 is 0 Å². The highest BCUT2D eigenvalue weighted by Crippen LogP contribution is 2.27. The number of anilines is 1. The summed E-state index contributed by atoms with van der Waals surface area (Å²) in [7, 11) is 0. The van der Waals surface area contributed by atoms with Crippen LogP contribution in [0, 0.1) is 11.3 Å². The highest BCUT2D eigenvalue weighted by molar-refractivity contribution is 6.30. The van der Waals surface area contributed by atoms with Gasteiger partial charge in [0.1, 0.15) is 6.67 Å². The summed E-state index contributed by atoms with van der Waals surface area (Å²) >= 11 is 5.80. The molecule has 0 aliphatic rings. The summed E-state index contributed by atoms with van der Waals surface area (Å²) in [5.74, 6) is 0. The predicted octanol–water partition coefficient (Wildman–Crippen LogP) is 4.14. The third-order valence-electron chi connectivity index (χ3n) is 2.86. The van der Waals surface area contributed by atoms with Gasteiger partial charge in [-0.15, -0.1) is 0 Å². The van der Waals surface area contributed by atoms with E-state index >= 15 is 0 Å². The number of nitriles is 1. The van der Waals surface area contributed by atoms with Crippen molar-refractivity contribution in [1.29, 1.82) is 5.26 Å². The lowest BCUT2D eigenvalue weighted by atomic mass is 9.92. The number of nitrogens with one attached hydrogen (secondary N) is 1. The van der Waals surface area contributed by atoms with Crippen LogP contribution < -0.4 is 5.32 Å². The van der Waals surface area contributed by atoms with E-state index in [0.717, 1.165) is 0 Å². The number of hydrogen-bond acceptors (Lipinski definition) is 2. The molecule has 19 heavy (non-hydrogen) atoms. The molecule has 4 heteroatoms. The molecule has 1 atom stereocenters. The lowest BCUT2D eigenvalue weighted by Crippen LogP contribution is -2.36. The van der Waals surface area contributed by atoms with Crippen molar-refractivity contribution in [1.82, 2.24) is 0 Å². The van der Waals surface area contributed by atoms with Crippen LogP contribution in [0.2, 0.25) is 5.02 Å². The number of halogens is 2. The molecule has 0 saturated heterocycles. The Balaban J connectivity index is 2.36. The van der Waals surface area contributed by atoms with E-state index in [0.29, 0.717) is 16.3 Å². The van der Waals surface area contributed by atoms with Gasteiger partial charge in [-0.1, -0.05) is 41.9 Å². The fourth-order valence-corrected chi connectivity index (χ4v) is 1.93. The molecule has 2 nitrogen and oxygen atoms in total. The van der Waals surface area contributed by atoms with E-state index in [4.69, 9.17) is 11.6 Å². The van der Waals surface area contributed by atoms with Crippen molar-refractivity contribution in [2.75, 3.05) is 12.0 Å². The maximum absolute atomic E-state index is 13.5. The maximum atomic E-state index is 13.5. The first kappa shape index (κ1) is 13.4. The van der Waals surface area contributed by atoms with Crippen LogP contribution in [-0.2, 0) is 5.54 Å². The van der Waals surface area contributed by atoms with Crippen LogP contribution in [0.5, 0.6) is 0 Å². The van der Waals surface area contributed by atoms with Crippen LogP contribution in [0.3, 0.4) is 0 Å². The van der Waals surface area contributed by atoms with Crippen molar-refractivity contribution in [2.24, 2.45) is 0 Å². The average Bonchev–Trinajstić information content (AvgIpc) is 2.48. The van der Waals surface area contributed by atoms with E-state index in [2.05, 4.69) is 5.32 Å². The highest BCUT2D eigenvalue weighted by atomic mass is 35.5. The Kier molecular flexibility index (Phi) is 4.03. The summed E-state index contributed by atoms with van der Waals surface area (Å²) in [4.78, 5) is 0. The molecule has 0 bridgehead atoms. The highest BCUT2D eigenvalue weighted by Gasteiger charge is 2.32. The van der Waals surface area contributed by atoms with Gasteiger partial charge in [0, 0.05) is 10.7 Å². The zero-order chi connectivity index (χ0) is 13.7. The van der Waals surface area contributed by atoms with Crippen molar-refractivity contribution in [3.8, 4) is 6.07 Å². The summed E-state index contributed by atoms with van der Waals surface area (Å²) in [6, 6.07) is 17.7. The molecule has 0 spiro atoms. The van der Waals surface area contributed by atoms with Gasteiger partial charge in [0.2, 0.25) is 0 Å². The molecule has 0 saturated carbocycles. The minimum Gasteiger partial charge on any atom is -0.362 e. The van der Waals surface area contributed by atoms with E-state index in [1.54, 1.807) is 48.5 Å². The minimum absolute atomic E-state index is 0.591. The lowest BCUT2D eigenvalue weighted by Gasteiger charge is -2.26. The van der Waals surface area contributed by atoms with E-state index in [1.165, 1.54) is 0 Å². The summed E-state index contributed by atoms with van der Waals surface area (Å²) in [5, 5.41) is 12.9. The second kappa shape index (κ2) is 5.73. The normalized spacial score (nSPS) is 13.3. The topological polar surface area (TPSA) is 35.8 Å². The fourth-order valence-electron chi connectivity index (χ4n) is 1.81. The molecule has 0 aliphatic carbocycles. The van der Waals surface area contributed by atoms with Crippen molar-refractivity contribution >= 4 is 17.3 Å². The van der Waals surface area contributed by atoms with Crippen molar-refractivity contribution in [3.05, 3.63) is 65.2 Å². The van der Waals surface area contributed by atoms with Crippen LogP contribution in [-0.4, -0.2) is 6.67 Å². The molecule has 1 N–H and O–H groups in total. The van der Waals surface area contributed by atoms with E-state index < -0.39 is 12.2 Å². The Hall–Kier alpha value is -2.05. The van der Waals surface area contributed by atoms with Gasteiger partial charge in [0.05, 0.1) is 6.07 Å². The van der Waals surface area contributed by atoms with Gasteiger partial charge < -0.3 is 5.32 Å². The molecule has 2 aromatic carbocycles. The van der Waals surface area contributed by atoms with Crippen molar-refractivity contribution in [3.63, 3.8) is 0 Å². The largest absolute Gasteiger partial charge is 0.362 e. The Bertz CT molecular complexity index is 577. The first-order valence-corrected chi connectivity index (χ1v) is 6.14. The first-order chi connectivity index (χ1) is 9.20. The van der Waals surface area contributed by atoms with Crippen LogP contribution in [0.25, 0.3) is 0 Å². The van der Waals surface area contributed by atoms with E-state index in [-0.39, 0.29) is 0 Å². The SMILES string of the molecule is N#CC(CF)(Nc1ccc(Cl)cc1)c1ccccc1. The minimum atomic E-state index is -1.38. The Morgan fingerprint density at radius 2 is 1.74 bits per heavy atom. The van der Waals surface area contributed by atoms with Crippen LogP contribution >= 0.6 is 11.6 Å². The molecule has 0 amide bonds. The molecule has 0 heterocycles. The second-order valence-electron chi connectivity index (χ2n) is 4.15. The number of hydrogen-bond donors (Lipinski definition) is 1. The Morgan fingerprint density at radius 1 is 1.11 bits per heavy atom. The lowest BCUT2D eigenvalue weighted by molar-refractivity contribution is 0.397. The van der Waals surface area contributed by atoms with Gasteiger partial charge in [0.25, 0.3) is 0 Å². The molecule has 0 aromatic heterocycles. The van der Waals surface area contributed by atoms with Gasteiger partial charge in [-0.3, -0.25) is 0 Å². The molecule has 1 unspecified atom stereocenters. The van der Waals surface area contributed by atoms with Crippen LogP contribution in [0.1, 0.15) is 5.56 Å². The van der Waals surface area contributed by atoms with Gasteiger partial charge in [-0.05, 0) is 29.8 Å². The summed E-state index contributed by atoms with van der Waals surface area (Å²) < 4.78 is 13.5. The van der Waals surface area contributed by atoms with Gasteiger partial charge in [-0.25, -0.2) is 4.39 Å². The van der Waals surface area contributed by atoms with Crippen LogP contribution in [0.15, 0.2) is 54.6 Å². The monoisotopic (exact) mass is 274 g/mol. The third kappa shape index (κ3) is 2.86. The molecule has 2 rings (SSSR count). The molecule has 2 aromatic rings. The Labute approximate surface area is 116 Å². The zero-order valence-corrected chi connectivity index (χ0v) is 10.9. The maximum Gasteiger partial charge on any atom is 0.179 e. The van der Waals surface area contributed by atoms with Gasteiger partial charge in [0.15, 0.2) is 5.54 Å². The molecule has 0 radical (unpaired) electrons. The Morgan fingerprint density at radius 3 is 2.26 bits per heavy atom. The second-order valence-corrected chi connectivity index (χ2v) is 4.59. The average molecular weight is 275 g/mol. The molecule has 0 fully saturated rings. The zero-order valence-electron chi connectivity index (χ0n) is 10.1. The van der Waals surface area contributed by atoms with Gasteiger partial charge in [-0.2, -0.15) is 5.26 Å². The fraction of sp³-hybridized carbons (Fsp3) is 0.133. The molecule has 96 valence electrons. The number of rotatable bonds is 4. The molecule has 0 aliphatic heterocycles. The summed E-state index contributed by atoms with van der Waals surface area (Å²) in [6.45, 7) is -0.823. The third-order valence-corrected chi connectivity index (χ3v) is 3.11. The van der Waals surface area contributed by atoms with E-state index in [1.807, 2.05) is 12.1 Å². The summed E-state index contributed by atoms with van der Waals surface area (Å²) in [6.07, 6.45) is 0. The van der Waals surface area contributed by atoms with Crippen LogP contribution in [0.4, 0.5) is 10.1 Å². The summed E-state index contributed by atoms with van der Waals surface area (Å²) in [5.41, 5.74) is -0.142. The number of alkyl halides is 1. The number of nitrogens with zero attached hydrogens (tertiary/aromatic N) is 1. The number of benzene rings is 2. The van der Waals surface area contributed by atoms with E-state index in [9.17, 15) is 9.65 Å². The smallest absolute Gasteiger partial charge is 0.179 e. The molecular weight excluding hydrogens is 263 g/mol. The van der Waals surface area contributed by atoms with Crippen molar-refractivity contribution in [2.45, 2.75) is 5.54 Å². The molecular formula is C15H12ClFN2. The first-order valence-electron chi connectivity index (χ1n) is 5.77. The predicted molar refractivity (Wildman–Crippen MR) is 74.8 cm³/mol. The quantitative estimate of drug-likeness (QED) is 0.909. The van der Waals surface area contributed by atoms with Crippen molar-refractivity contribution < 1.29 is 4.39 Å². The standard InChI is InChI=1S/C15H12ClFN2/c16-13-6-8-14(9-7-13)19-15(10-17,11-18)12-4-2-1-3-5-12/h1-9,19H,10H2.